The minimum absolute atomic E-state index is 0.146. The third-order valence-corrected chi connectivity index (χ3v) is 3.72. The van der Waals surface area contributed by atoms with Crippen LogP contribution in [0.15, 0.2) is 53.2 Å². The number of rotatable bonds is 2. The molecule has 5 nitrogen and oxygen atoms in total. The van der Waals surface area contributed by atoms with Gasteiger partial charge in [-0.3, -0.25) is 4.98 Å². The smallest absolute Gasteiger partial charge is 0.234 e. The fourth-order valence-corrected chi connectivity index (χ4v) is 2.70. The molecule has 1 aromatic carbocycles. The van der Waals surface area contributed by atoms with Crippen LogP contribution >= 0.6 is 0 Å². The van der Waals surface area contributed by atoms with Gasteiger partial charge in [0.05, 0.1) is 5.92 Å². The third-order valence-electron chi connectivity index (χ3n) is 3.72. The molecule has 1 aliphatic heterocycles. The van der Waals surface area contributed by atoms with Crippen LogP contribution in [0.5, 0.6) is 0 Å². The lowest BCUT2D eigenvalue weighted by Gasteiger charge is -2.23. The Morgan fingerprint density at radius 3 is 2.90 bits per heavy atom. The third kappa shape index (κ3) is 2.16. The molecule has 5 heteroatoms. The summed E-state index contributed by atoms with van der Waals surface area (Å²) in [5, 5.41) is 7.46. The van der Waals surface area contributed by atoms with Gasteiger partial charge in [-0.25, -0.2) is 0 Å². The Morgan fingerprint density at radius 2 is 2.00 bits per heavy atom. The van der Waals surface area contributed by atoms with E-state index in [2.05, 4.69) is 32.6 Å². The molecular formula is C16H14N4O. The summed E-state index contributed by atoms with van der Waals surface area (Å²) >= 11 is 0. The van der Waals surface area contributed by atoms with E-state index in [0.29, 0.717) is 11.7 Å². The first kappa shape index (κ1) is 12.1. The molecule has 0 radical (unpaired) electrons. The first-order valence-corrected chi connectivity index (χ1v) is 6.99. The maximum atomic E-state index is 5.49. The lowest BCUT2D eigenvalue weighted by atomic mass is 9.91. The van der Waals surface area contributed by atoms with Crippen LogP contribution in [0.25, 0.3) is 11.5 Å². The Balaban J connectivity index is 1.71. The molecule has 0 saturated heterocycles. The molecule has 0 bridgehead atoms. The highest BCUT2D eigenvalue weighted by molar-refractivity contribution is 5.56. The highest BCUT2D eigenvalue weighted by Crippen LogP contribution is 2.35. The summed E-state index contributed by atoms with van der Waals surface area (Å²) in [6, 6.07) is 13.9. The molecule has 2 aromatic heterocycles. The maximum absolute atomic E-state index is 5.49. The normalized spacial score (nSPS) is 17.0. The SMILES string of the molecule is c1ccc(-c2noc(C3CCNc4ccccc43)n2)nc1. The molecule has 104 valence electrons. The molecule has 0 spiro atoms. The second-order valence-corrected chi connectivity index (χ2v) is 5.03. The van der Waals surface area contributed by atoms with E-state index < -0.39 is 0 Å². The highest BCUT2D eigenvalue weighted by Gasteiger charge is 2.26. The average Bonchev–Trinajstić information content (AvgIpc) is 3.05. The Labute approximate surface area is 122 Å². The number of benzene rings is 1. The zero-order valence-corrected chi connectivity index (χ0v) is 11.4. The number of fused-ring (bicyclic) bond motifs is 1. The van der Waals surface area contributed by atoms with Crippen LogP contribution in [0.3, 0.4) is 0 Å². The van der Waals surface area contributed by atoms with E-state index >= 15 is 0 Å². The zero-order chi connectivity index (χ0) is 14.1. The summed E-state index contributed by atoms with van der Waals surface area (Å²) in [4.78, 5) is 8.79. The largest absolute Gasteiger partial charge is 0.385 e. The van der Waals surface area contributed by atoms with Crippen LogP contribution in [0, 0.1) is 0 Å². The number of anilines is 1. The second-order valence-electron chi connectivity index (χ2n) is 5.03. The van der Waals surface area contributed by atoms with Gasteiger partial charge < -0.3 is 9.84 Å². The van der Waals surface area contributed by atoms with Gasteiger partial charge in [-0.2, -0.15) is 4.98 Å². The van der Waals surface area contributed by atoms with Crippen molar-refractivity contribution >= 4 is 5.69 Å². The highest BCUT2D eigenvalue weighted by atomic mass is 16.5. The lowest BCUT2D eigenvalue weighted by molar-refractivity contribution is 0.361. The zero-order valence-electron chi connectivity index (χ0n) is 11.4. The molecule has 1 unspecified atom stereocenters. The van der Waals surface area contributed by atoms with E-state index in [1.54, 1.807) is 6.20 Å². The van der Waals surface area contributed by atoms with Gasteiger partial charge in [-0.05, 0) is 30.2 Å². The second kappa shape index (κ2) is 5.01. The molecule has 4 rings (SSSR count). The van der Waals surface area contributed by atoms with Crippen LogP contribution in [-0.4, -0.2) is 21.7 Å². The summed E-state index contributed by atoms with van der Waals surface area (Å²) < 4.78 is 5.49. The van der Waals surface area contributed by atoms with Gasteiger partial charge in [0.15, 0.2) is 0 Å². The van der Waals surface area contributed by atoms with E-state index in [4.69, 9.17) is 4.52 Å². The molecule has 1 aliphatic rings. The molecule has 1 atom stereocenters. The first-order valence-electron chi connectivity index (χ1n) is 6.99. The molecule has 0 fully saturated rings. The molecule has 1 N–H and O–H groups in total. The topological polar surface area (TPSA) is 63.8 Å². The average molecular weight is 278 g/mol. The van der Waals surface area contributed by atoms with Gasteiger partial charge in [0, 0.05) is 18.4 Å². The fraction of sp³-hybridized carbons (Fsp3) is 0.188. The van der Waals surface area contributed by atoms with Gasteiger partial charge in [0.2, 0.25) is 11.7 Å². The van der Waals surface area contributed by atoms with Crippen molar-refractivity contribution in [3.8, 4) is 11.5 Å². The van der Waals surface area contributed by atoms with E-state index in [9.17, 15) is 0 Å². The van der Waals surface area contributed by atoms with Crippen LogP contribution in [0.4, 0.5) is 5.69 Å². The number of pyridine rings is 1. The number of aromatic nitrogens is 3. The molecule has 21 heavy (non-hydrogen) atoms. The Kier molecular flexibility index (Phi) is 2.88. The standard InChI is InChI=1S/C16H14N4O/c1-2-6-13-11(5-1)12(8-10-18-13)16-19-15(20-21-16)14-7-3-4-9-17-14/h1-7,9,12,18H,8,10H2. The van der Waals surface area contributed by atoms with Gasteiger partial charge in [0.1, 0.15) is 5.69 Å². The van der Waals surface area contributed by atoms with Crippen molar-refractivity contribution in [1.82, 2.24) is 15.1 Å². The van der Waals surface area contributed by atoms with Crippen molar-refractivity contribution in [2.24, 2.45) is 0 Å². The summed E-state index contributed by atoms with van der Waals surface area (Å²) in [5.41, 5.74) is 3.08. The predicted octanol–water partition coefficient (Wildman–Crippen LogP) is 3.08. The molecule has 0 saturated carbocycles. The van der Waals surface area contributed by atoms with Crippen molar-refractivity contribution < 1.29 is 4.52 Å². The van der Waals surface area contributed by atoms with Crippen molar-refractivity contribution in [3.05, 3.63) is 60.1 Å². The number of hydrogen-bond donors (Lipinski definition) is 1. The molecular weight excluding hydrogens is 264 g/mol. The Hall–Kier alpha value is -2.69. The van der Waals surface area contributed by atoms with Crippen molar-refractivity contribution in [1.29, 1.82) is 0 Å². The number of nitrogens with zero attached hydrogens (tertiary/aromatic N) is 3. The Morgan fingerprint density at radius 1 is 1.10 bits per heavy atom. The minimum atomic E-state index is 0.146. The molecule has 0 amide bonds. The van der Waals surface area contributed by atoms with E-state index in [0.717, 1.165) is 24.3 Å². The number of nitrogens with one attached hydrogen (secondary N) is 1. The number of hydrogen-bond acceptors (Lipinski definition) is 5. The first-order chi connectivity index (χ1) is 10.4. The molecule has 3 aromatic rings. The van der Waals surface area contributed by atoms with E-state index in [1.165, 1.54) is 5.56 Å². The summed E-state index contributed by atoms with van der Waals surface area (Å²) in [6.07, 6.45) is 2.67. The minimum Gasteiger partial charge on any atom is -0.385 e. The van der Waals surface area contributed by atoms with Gasteiger partial charge in [-0.15, -0.1) is 0 Å². The molecule has 3 heterocycles. The predicted molar refractivity (Wildman–Crippen MR) is 78.9 cm³/mol. The van der Waals surface area contributed by atoms with Gasteiger partial charge in [-0.1, -0.05) is 29.4 Å². The van der Waals surface area contributed by atoms with E-state index in [-0.39, 0.29) is 5.92 Å². The van der Waals surface area contributed by atoms with Gasteiger partial charge in [0.25, 0.3) is 0 Å². The van der Waals surface area contributed by atoms with Crippen LogP contribution in [0.1, 0.15) is 23.8 Å². The number of para-hydroxylation sites is 1. The maximum Gasteiger partial charge on any atom is 0.234 e. The van der Waals surface area contributed by atoms with Crippen LogP contribution in [0.2, 0.25) is 0 Å². The van der Waals surface area contributed by atoms with Crippen molar-refractivity contribution in [2.45, 2.75) is 12.3 Å². The summed E-state index contributed by atoms with van der Waals surface area (Å²) in [7, 11) is 0. The van der Waals surface area contributed by atoms with Crippen molar-refractivity contribution in [2.75, 3.05) is 11.9 Å². The quantitative estimate of drug-likeness (QED) is 0.780. The summed E-state index contributed by atoms with van der Waals surface area (Å²) in [6.45, 7) is 0.906. The van der Waals surface area contributed by atoms with Crippen LogP contribution in [-0.2, 0) is 0 Å². The lowest BCUT2D eigenvalue weighted by Crippen LogP contribution is -2.17. The Bertz CT molecular complexity index is 754. The van der Waals surface area contributed by atoms with E-state index in [1.807, 2.05) is 30.3 Å². The monoisotopic (exact) mass is 278 g/mol. The van der Waals surface area contributed by atoms with Crippen LogP contribution < -0.4 is 5.32 Å². The summed E-state index contributed by atoms with van der Waals surface area (Å²) in [5.74, 6) is 1.35. The van der Waals surface area contributed by atoms with Crippen molar-refractivity contribution in [3.63, 3.8) is 0 Å². The fourth-order valence-electron chi connectivity index (χ4n) is 2.70. The molecule has 0 aliphatic carbocycles. The van der Waals surface area contributed by atoms with Gasteiger partial charge >= 0.3 is 0 Å².